The van der Waals surface area contributed by atoms with E-state index in [0.29, 0.717) is 6.54 Å². The van der Waals surface area contributed by atoms with Gasteiger partial charge in [-0.3, -0.25) is 14.4 Å². The molecule has 186 valence electrons. The predicted octanol–water partition coefficient (Wildman–Crippen LogP) is 5.05. The minimum absolute atomic E-state index is 0.141. The van der Waals surface area contributed by atoms with Gasteiger partial charge in [-0.2, -0.15) is 0 Å². The molecule has 0 fully saturated rings. The zero-order valence-corrected chi connectivity index (χ0v) is 20.6. The van der Waals surface area contributed by atoms with E-state index >= 15 is 0 Å². The quantitative estimate of drug-likeness (QED) is 0.134. The topological polar surface area (TPSA) is 112 Å². The number of rotatable bonds is 20. The highest BCUT2D eigenvalue weighted by molar-refractivity contribution is 5.70. The van der Waals surface area contributed by atoms with Crippen LogP contribution in [0.2, 0.25) is 0 Å². The van der Waals surface area contributed by atoms with Crippen molar-refractivity contribution in [1.82, 2.24) is 0 Å². The lowest BCUT2D eigenvalue weighted by molar-refractivity contribution is -0.928. The number of allylic oxidation sites excluding steroid dienone is 1. The number of unbranched alkanes of at least 4 members (excludes halogenated alkanes) is 8. The van der Waals surface area contributed by atoms with Gasteiger partial charge in [0.15, 0.2) is 0 Å². The van der Waals surface area contributed by atoms with E-state index in [1.165, 1.54) is 44.9 Å². The van der Waals surface area contributed by atoms with E-state index in [4.69, 9.17) is 0 Å². The van der Waals surface area contributed by atoms with Crippen molar-refractivity contribution in [2.24, 2.45) is 17.8 Å². The van der Waals surface area contributed by atoms with Gasteiger partial charge in [0.25, 0.3) is 0 Å². The third kappa shape index (κ3) is 13.5. The Bertz CT molecular complexity index is 534. The van der Waals surface area contributed by atoms with Gasteiger partial charge in [-0.1, -0.05) is 57.9 Å². The Balaban J connectivity index is 5.06. The fraction of sp³-hybridized carbons (Fsp3) is 0.800. The third-order valence-corrected chi connectivity index (χ3v) is 6.13. The third-order valence-electron chi connectivity index (χ3n) is 6.13. The molecule has 0 bridgehead atoms. The zero-order chi connectivity index (χ0) is 24.6. The Hall–Kier alpha value is -1.89. The highest BCUT2D eigenvalue weighted by atomic mass is 16.4. The van der Waals surface area contributed by atoms with Gasteiger partial charge in [0.1, 0.15) is 17.8 Å². The molecule has 0 aliphatic heterocycles. The van der Waals surface area contributed by atoms with Crippen molar-refractivity contribution >= 4 is 17.9 Å². The van der Waals surface area contributed by atoms with E-state index < -0.39 is 35.7 Å². The molecule has 3 unspecified atom stereocenters. The van der Waals surface area contributed by atoms with Gasteiger partial charge in [-0.15, -0.1) is 0 Å². The molecule has 7 nitrogen and oxygen atoms in total. The first-order valence-corrected chi connectivity index (χ1v) is 12.2. The summed E-state index contributed by atoms with van der Waals surface area (Å²) in [6.45, 7) is 8.03. The number of carboxylic acids is 3. The van der Waals surface area contributed by atoms with E-state index in [-0.39, 0.29) is 24.1 Å². The van der Waals surface area contributed by atoms with Crippen molar-refractivity contribution in [1.29, 1.82) is 0 Å². The summed E-state index contributed by atoms with van der Waals surface area (Å²) in [5.41, 5.74) is 0. The van der Waals surface area contributed by atoms with E-state index in [9.17, 15) is 29.7 Å². The molecule has 3 atom stereocenters. The summed E-state index contributed by atoms with van der Waals surface area (Å²) in [7, 11) is 0. The molecule has 0 rings (SSSR count). The number of hydrogen-bond acceptors (Lipinski definition) is 3. The van der Waals surface area contributed by atoms with Crippen LogP contribution in [-0.4, -0.2) is 63.9 Å². The SMILES string of the molecule is CCCCCCCCCC/C=C/C[N+](CC(C)C(=O)O)(CC(C)C(=O)O)CC(C)C(=O)O. The Morgan fingerprint density at radius 1 is 0.656 bits per heavy atom. The first-order chi connectivity index (χ1) is 15.0. The number of quaternary nitrogens is 1. The molecule has 0 radical (unpaired) electrons. The summed E-state index contributed by atoms with van der Waals surface area (Å²) in [5.74, 6) is -4.96. The number of hydrogen-bond donors (Lipinski definition) is 3. The van der Waals surface area contributed by atoms with E-state index in [0.717, 1.165) is 12.8 Å². The van der Waals surface area contributed by atoms with Gasteiger partial charge >= 0.3 is 17.9 Å². The van der Waals surface area contributed by atoms with E-state index in [1.807, 2.05) is 6.08 Å². The number of aliphatic carboxylic acids is 3. The molecule has 7 heteroatoms. The van der Waals surface area contributed by atoms with Gasteiger partial charge in [0, 0.05) is 0 Å². The second-order valence-corrected chi connectivity index (χ2v) is 9.52. The monoisotopic (exact) mass is 456 g/mol. The van der Waals surface area contributed by atoms with Crippen molar-refractivity contribution in [3.8, 4) is 0 Å². The lowest BCUT2D eigenvalue weighted by Gasteiger charge is -2.41. The van der Waals surface area contributed by atoms with Crippen LogP contribution < -0.4 is 0 Å². The normalized spacial score (nSPS) is 16.4. The van der Waals surface area contributed by atoms with Crippen LogP contribution in [-0.2, 0) is 14.4 Å². The second-order valence-electron chi connectivity index (χ2n) is 9.52. The lowest BCUT2D eigenvalue weighted by atomic mass is 10.0. The van der Waals surface area contributed by atoms with Crippen LogP contribution in [0.4, 0.5) is 0 Å². The maximum absolute atomic E-state index is 11.5. The first kappa shape index (κ1) is 30.1. The molecule has 0 amide bonds. The minimum Gasteiger partial charge on any atom is -0.481 e. The molecule has 0 saturated heterocycles. The van der Waals surface area contributed by atoms with Crippen molar-refractivity contribution in [2.45, 2.75) is 85.5 Å². The highest BCUT2D eigenvalue weighted by Crippen LogP contribution is 2.20. The molecule has 0 aliphatic carbocycles. The van der Waals surface area contributed by atoms with E-state index in [2.05, 4.69) is 13.0 Å². The molecule has 0 aliphatic rings. The standard InChI is InChI=1S/C25H45NO6/c1-5-6-7-8-9-10-11-12-13-14-15-16-26(17-20(2)23(27)28,18-21(3)24(29)30)19-22(4)25(31)32/h14-15,20-22H,5-13,16-19H2,1-4H3,(H2-,27,28,29,30,31,32)/p+1/b15-14+. The molecule has 0 aromatic carbocycles. The van der Waals surface area contributed by atoms with Crippen molar-refractivity contribution in [2.75, 3.05) is 26.2 Å². The molecular weight excluding hydrogens is 410 g/mol. The van der Waals surface area contributed by atoms with Crippen molar-refractivity contribution in [3.05, 3.63) is 12.2 Å². The largest absolute Gasteiger partial charge is 0.481 e. The summed E-state index contributed by atoms with van der Waals surface area (Å²) in [4.78, 5) is 34.5. The van der Waals surface area contributed by atoms with Gasteiger partial charge in [0.05, 0.1) is 26.2 Å². The average molecular weight is 457 g/mol. The summed E-state index contributed by atoms with van der Waals surface area (Å²) < 4.78 is 0.141. The molecule has 3 N–H and O–H groups in total. The van der Waals surface area contributed by atoms with Crippen LogP contribution >= 0.6 is 0 Å². The summed E-state index contributed by atoms with van der Waals surface area (Å²) >= 11 is 0. The zero-order valence-electron chi connectivity index (χ0n) is 20.6. The Kier molecular flexibility index (Phi) is 15.7. The van der Waals surface area contributed by atoms with Crippen LogP contribution in [0.5, 0.6) is 0 Å². The van der Waals surface area contributed by atoms with Crippen molar-refractivity contribution in [3.63, 3.8) is 0 Å². The Morgan fingerprint density at radius 3 is 1.41 bits per heavy atom. The highest BCUT2D eigenvalue weighted by Gasteiger charge is 2.37. The van der Waals surface area contributed by atoms with Gasteiger partial charge < -0.3 is 19.8 Å². The molecular formula is C25H46NO6+. The number of nitrogens with zero attached hydrogens (tertiary/aromatic N) is 1. The number of carbonyl (C=O) groups is 3. The summed E-state index contributed by atoms with van der Waals surface area (Å²) in [6.07, 6.45) is 14.9. The summed E-state index contributed by atoms with van der Waals surface area (Å²) in [6, 6.07) is 0. The predicted molar refractivity (Wildman–Crippen MR) is 126 cm³/mol. The van der Waals surface area contributed by atoms with E-state index in [1.54, 1.807) is 20.8 Å². The fourth-order valence-corrected chi connectivity index (χ4v) is 4.24. The first-order valence-electron chi connectivity index (χ1n) is 12.2. The molecule has 0 aromatic heterocycles. The Morgan fingerprint density at radius 2 is 1.03 bits per heavy atom. The van der Waals surface area contributed by atoms with Gasteiger partial charge in [-0.05, 0) is 39.7 Å². The lowest BCUT2D eigenvalue weighted by Crippen LogP contribution is -2.57. The van der Waals surface area contributed by atoms with Crippen LogP contribution in [0.25, 0.3) is 0 Å². The molecule has 0 saturated carbocycles. The van der Waals surface area contributed by atoms with Crippen LogP contribution in [0.1, 0.15) is 85.5 Å². The van der Waals surface area contributed by atoms with Crippen LogP contribution in [0.15, 0.2) is 12.2 Å². The summed E-state index contributed by atoms with van der Waals surface area (Å²) in [5, 5.41) is 28.3. The smallest absolute Gasteiger partial charge is 0.311 e. The second kappa shape index (κ2) is 16.7. The van der Waals surface area contributed by atoms with Crippen LogP contribution in [0, 0.1) is 17.8 Å². The minimum atomic E-state index is -0.957. The molecule has 0 aromatic rings. The fourth-order valence-electron chi connectivity index (χ4n) is 4.24. The maximum atomic E-state index is 11.5. The maximum Gasteiger partial charge on any atom is 0.311 e. The number of carboxylic acid groups (broad SMARTS) is 3. The molecule has 32 heavy (non-hydrogen) atoms. The Labute approximate surface area is 194 Å². The van der Waals surface area contributed by atoms with Crippen LogP contribution in [0.3, 0.4) is 0 Å². The molecule has 0 heterocycles. The average Bonchev–Trinajstić information content (AvgIpc) is 2.71. The molecule has 0 spiro atoms. The van der Waals surface area contributed by atoms with Gasteiger partial charge in [-0.25, -0.2) is 0 Å². The van der Waals surface area contributed by atoms with Gasteiger partial charge in [0.2, 0.25) is 0 Å². The van der Waals surface area contributed by atoms with Crippen molar-refractivity contribution < 1.29 is 34.2 Å².